The van der Waals surface area contributed by atoms with Crippen molar-refractivity contribution in [2.24, 2.45) is 0 Å². The van der Waals surface area contributed by atoms with E-state index in [1.807, 2.05) is 0 Å². The lowest BCUT2D eigenvalue weighted by molar-refractivity contribution is 0.297. The zero-order valence-electron chi connectivity index (χ0n) is 9.99. The zero-order chi connectivity index (χ0) is 13.9. The second kappa shape index (κ2) is 6.07. The maximum absolute atomic E-state index is 11.7. The molecule has 0 atom stereocenters. The van der Waals surface area contributed by atoms with E-state index in [-0.39, 0.29) is 22.3 Å². The highest BCUT2D eigenvalue weighted by Gasteiger charge is 2.17. The van der Waals surface area contributed by atoms with Crippen molar-refractivity contribution in [1.29, 1.82) is 0 Å². The summed E-state index contributed by atoms with van der Waals surface area (Å²) in [5.41, 5.74) is 0.260. The Hall–Kier alpha value is -0.850. The summed E-state index contributed by atoms with van der Waals surface area (Å²) in [7, 11) is -3.51. The summed E-state index contributed by atoms with van der Waals surface area (Å²) in [6, 6.07) is 3.07. The second-order valence-corrected chi connectivity index (χ2v) is 6.57. The van der Waals surface area contributed by atoms with Gasteiger partial charge in [0, 0.05) is 24.4 Å². The highest BCUT2D eigenvalue weighted by Crippen LogP contribution is 2.38. The number of nitrogens with one attached hydrogen (secondary N) is 1. The van der Waals surface area contributed by atoms with E-state index in [9.17, 15) is 8.42 Å². The molecular weight excluding hydrogens is 313 g/mol. The summed E-state index contributed by atoms with van der Waals surface area (Å²) in [6.45, 7) is 1.06. The highest BCUT2D eigenvalue weighted by molar-refractivity contribution is 7.92. The summed E-state index contributed by atoms with van der Waals surface area (Å²) in [5, 5.41) is 0.252. The summed E-state index contributed by atoms with van der Waals surface area (Å²) in [5.74, 6) is 0.824. The van der Waals surface area contributed by atoms with E-state index in [0.29, 0.717) is 24.7 Å². The van der Waals surface area contributed by atoms with Crippen molar-refractivity contribution in [1.82, 2.24) is 0 Å². The van der Waals surface area contributed by atoms with Gasteiger partial charge >= 0.3 is 0 Å². The molecule has 0 fully saturated rings. The molecule has 0 bridgehead atoms. The van der Waals surface area contributed by atoms with Crippen molar-refractivity contribution in [2.75, 3.05) is 29.6 Å². The Bertz CT molecular complexity index is 562. The summed E-state index contributed by atoms with van der Waals surface area (Å²) >= 11 is 11.5. The Balaban J connectivity index is 2.29. The molecule has 1 aromatic carbocycles. The molecule has 0 spiro atoms. The molecular formula is C11H13Cl2NO4S. The molecule has 1 aliphatic heterocycles. The van der Waals surface area contributed by atoms with E-state index < -0.39 is 10.0 Å². The van der Waals surface area contributed by atoms with Crippen LogP contribution in [0.1, 0.15) is 6.42 Å². The lowest BCUT2D eigenvalue weighted by Gasteiger charge is -2.13. The molecule has 106 valence electrons. The van der Waals surface area contributed by atoms with Crippen LogP contribution in [0.5, 0.6) is 11.5 Å². The SMILES string of the molecule is O=S(=O)(CCCl)Nc1cc2c(cc1Cl)OCCCO2. The smallest absolute Gasteiger partial charge is 0.233 e. The molecule has 1 heterocycles. The van der Waals surface area contributed by atoms with Gasteiger partial charge in [-0.05, 0) is 0 Å². The van der Waals surface area contributed by atoms with Crippen LogP contribution in [0.25, 0.3) is 0 Å². The van der Waals surface area contributed by atoms with Gasteiger partial charge in [-0.1, -0.05) is 11.6 Å². The fourth-order valence-electron chi connectivity index (χ4n) is 1.58. The van der Waals surface area contributed by atoms with Gasteiger partial charge in [0.1, 0.15) is 0 Å². The molecule has 0 aromatic heterocycles. The first-order valence-corrected chi connectivity index (χ1v) is 8.24. The normalized spacial score (nSPS) is 14.8. The fraction of sp³-hybridized carbons (Fsp3) is 0.455. The van der Waals surface area contributed by atoms with Gasteiger partial charge in [0.25, 0.3) is 0 Å². The lowest BCUT2D eigenvalue weighted by Crippen LogP contribution is -2.17. The van der Waals surface area contributed by atoms with Crippen molar-refractivity contribution in [3.05, 3.63) is 17.2 Å². The van der Waals surface area contributed by atoms with E-state index >= 15 is 0 Å². The first-order chi connectivity index (χ1) is 9.02. The molecule has 0 aliphatic carbocycles. The summed E-state index contributed by atoms with van der Waals surface area (Å²) in [6.07, 6.45) is 0.763. The minimum atomic E-state index is -3.51. The van der Waals surface area contributed by atoms with Gasteiger partial charge in [0.15, 0.2) is 11.5 Å². The Labute approximate surface area is 121 Å². The Morgan fingerprint density at radius 3 is 2.47 bits per heavy atom. The van der Waals surface area contributed by atoms with Crippen LogP contribution < -0.4 is 14.2 Å². The maximum Gasteiger partial charge on any atom is 0.233 e. The predicted molar refractivity (Wildman–Crippen MR) is 75.2 cm³/mol. The van der Waals surface area contributed by atoms with Gasteiger partial charge in [-0.3, -0.25) is 4.72 Å². The Morgan fingerprint density at radius 2 is 1.84 bits per heavy atom. The third-order valence-corrected chi connectivity index (χ3v) is 4.45. The van der Waals surface area contributed by atoms with Crippen LogP contribution in [-0.4, -0.2) is 33.3 Å². The molecule has 19 heavy (non-hydrogen) atoms. The van der Waals surface area contributed by atoms with Crippen LogP contribution in [-0.2, 0) is 10.0 Å². The van der Waals surface area contributed by atoms with Crippen LogP contribution in [0.3, 0.4) is 0 Å². The first-order valence-electron chi connectivity index (χ1n) is 5.67. The summed E-state index contributed by atoms with van der Waals surface area (Å²) in [4.78, 5) is 0. The van der Waals surface area contributed by atoms with Crippen LogP contribution in [0.4, 0.5) is 5.69 Å². The van der Waals surface area contributed by atoms with E-state index in [1.54, 1.807) is 6.07 Å². The third kappa shape index (κ3) is 3.81. The van der Waals surface area contributed by atoms with Crippen molar-refractivity contribution in [2.45, 2.75) is 6.42 Å². The largest absolute Gasteiger partial charge is 0.490 e. The molecule has 0 amide bonds. The van der Waals surface area contributed by atoms with Crippen LogP contribution in [0.15, 0.2) is 12.1 Å². The number of halogens is 2. The molecule has 1 N–H and O–H groups in total. The monoisotopic (exact) mass is 325 g/mol. The van der Waals surface area contributed by atoms with Crippen molar-refractivity contribution in [3.8, 4) is 11.5 Å². The number of fused-ring (bicyclic) bond motifs is 1. The van der Waals surface area contributed by atoms with Gasteiger partial charge in [0.2, 0.25) is 10.0 Å². The van der Waals surface area contributed by atoms with Gasteiger partial charge in [-0.2, -0.15) is 0 Å². The molecule has 5 nitrogen and oxygen atoms in total. The van der Waals surface area contributed by atoms with Gasteiger partial charge in [0.05, 0.1) is 29.7 Å². The molecule has 0 unspecified atom stereocenters. The third-order valence-electron chi connectivity index (χ3n) is 2.45. The quantitative estimate of drug-likeness (QED) is 0.864. The van der Waals surface area contributed by atoms with Gasteiger partial charge < -0.3 is 9.47 Å². The number of ether oxygens (including phenoxy) is 2. The molecule has 8 heteroatoms. The minimum absolute atomic E-state index is 0.0114. The van der Waals surface area contributed by atoms with Crippen LogP contribution >= 0.6 is 23.2 Å². The minimum Gasteiger partial charge on any atom is -0.490 e. The fourth-order valence-corrected chi connectivity index (χ4v) is 3.26. The summed E-state index contributed by atoms with van der Waals surface area (Å²) < 4.78 is 36.6. The first kappa shape index (κ1) is 14.6. The van der Waals surface area contributed by atoms with E-state index in [0.717, 1.165) is 6.42 Å². The maximum atomic E-state index is 11.7. The topological polar surface area (TPSA) is 64.6 Å². The number of rotatable bonds is 4. The molecule has 1 aliphatic rings. The predicted octanol–water partition coefficient (Wildman–Crippen LogP) is 2.48. The molecule has 0 saturated carbocycles. The Morgan fingerprint density at radius 1 is 1.21 bits per heavy atom. The number of hydrogen-bond acceptors (Lipinski definition) is 4. The van der Waals surface area contributed by atoms with Crippen LogP contribution in [0, 0.1) is 0 Å². The van der Waals surface area contributed by atoms with Crippen molar-refractivity contribution in [3.63, 3.8) is 0 Å². The number of sulfonamides is 1. The van der Waals surface area contributed by atoms with E-state index in [2.05, 4.69) is 4.72 Å². The highest BCUT2D eigenvalue weighted by atomic mass is 35.5. The molecule has 1 aromatic rings. The molecule has 2 rings (SSSR count). The number of alkyl halides is 1. The number of hydrogen-bond donors (Lipinski definition) is 1. The lowest BCUT2D eigenvalue weighted by atomic mass is 10.3. The zero-order valence-corrected chi connectivity index (χ0v) is 12.3. The van der Waals surface area contributed by atoms with Crippen LogP contribution in [0.2, 0.25) is 5.02 Å². The van der Waals surface area contributed by atoms with Gasteiger partial charge in [-0.25, -0.2) is 8.42 Å². The van der Waals surface area contributed by atoms with Crippen molar-refractivity contribution < 1.29 is 17.9 Å². The standard InChI is InChI=1S/C11H13Cl2NO4S/c12-2-5-19(15,16)14-9-7-11-10(6-8(9)13)17-3-1-4-18-11/h6-7,14H,1-5H2. The van der Waals surface area contributed by atoms with E-state index in [4.69, 9.17) is 32.7 Å². The Kier molecular flexibility index (Phi) is 4.65. The van der Waals surface area contributed by atoms with E-state index in [1.165, 1.54) is 6.07 Å². The van der Waals surface area contributed by atoms with Crippen molar-refractivity contribution >= 4 is 38.9 Å². The van der Waals surface area contributed by atoms with Gasteiger partial charge in [-0.15, -0.1) is 11.6 Å². The molecule has 0 radical (unpaired) electrons. The molecule has 0 saturated heterocycles. The average molecular weight is 326 g/mol. The average Bonchev–Trinajstić information content (AvgIpc) is 2.54. The second-order valence-electron chi connectivity index (χ2n) is 3.94. The number of anilines is 1. The number of benzene rings is 1.